The molecular weight excluding hydrogens is 392 g/mol. The number of nitrogens with one attached hydrogen (secondary N) is 1. The van der Waals surface area contributed by atoms with E-state index in [1.807, 2.05) is 11.8 Å². The lowest BCUT2D eigenvalue weighted by atomic mass is 9.92. The van der Waals surface area contributed by atoms with Crippen molar-refractivity contribution in [3.63, 3.8) is 0 Å². The van der Waals surface area contributed by atoms with Crippen molar-refractivity contribution in [2.75, 3.05) is 19.6 Å². The van der Waals surface area contributed by atoms with Crippen LogP contribution < -0.4 is 5.56 Å². The minimum atomic E-state index is 0.00554. The van der Waals surface area contributed by atoms with Crippen LogP contribution in [0.15, 0.2) is 17.2 Å². The molecule has 0 bridgehead atoms. The smallest absolute Gasteiger partial charge is 0.257 e. The van der Waals surface area contributed by atoms with E-state index < -0.39 is 0 Å². The van der Waals surface area contributed by atoms with E-state index in [1.165, 1.54) is 32.1 Å². The Labute approximate surface area is 182 Å². The maximum Gasteiger partial charge on any atom is 0.257 e. The second-order valence-electron chi connectivity index (χ2n) is 9.21. The van der Waals surface area contributed by atoms with Crippen molar-refractivity contribution in [1.29, 1.82) is 0 Å². The Morgan fingerprint density at radius 2 is 2.03 bits per heavy atom. The summed E-state index contributed by atoms with van der Waals surface area (Å²) < 4.78 is 1.77. The van der Waals surface area contributed by atoms with Crippen LogP contribution in [0.4, 0.5) is 0 Å². The normalized spacial score (nSPS) is 22.6. The average Bonchev–Trinajstić information content (AvgIpc) is 3.49. The minimum absolute atomic E-state index is 0.00554. The van der Waals surface area contributed by atoms with Crippen LogP contribution in [0.25, 0.3) is 0 Å². The first-order valence-corrected chi connectivity index (χ1v) is 11.8. The molecule has 2 aliphatic heterocycles. The van der Waals surface area contributed by atoms with Crippen molar-refractivity contribution in [3.8, 4) is 0 Å². The van der Waals surface area contributed by atoms with Gasteiger partial charge in [-0.15, -0.1) is 0 Å². The predicted octanol–water partition coefficient (Wildman–Crippen LogP) is 2.31. The van der Waals surface area contributed by atoms with Gasteiger partial charge in [0.15, 0.2) is 0 Å². The average molecular weight is 425 g/mol. The summed E-state index contributed by atoms with van der Waals surface area (Å²) in [5.74, 6) is 0.827. The molecule has 1 saturated carbocycles. The van der Waals surface area contributed by atoms with Crippen LogP contribution in [-0.4, -0.2) is 61.1 Å². The van der Waals surface area contributed by atoms with Crippen molar-refractivity contribution in [2.45, 2.75) is 76.9 Å². The van der Waals surface area contributed by atoms with Gasteiger partial charge in [-0.25, -0.2) is 4.98 Å². The molecule has 1 amide bonds. The Morgan fingerprint density at radius 1 is 1.19 bits per heavy atom. The van der Waals surface area contributed by atoms with Crippen molar-refractivity contribution < 1.29 is 4.79 Å². The number of nitrogens with zero attached hydrogens (tertiary/aromatic N) is 5. The zero-order valence-electron chi connectivity index (χ0n) is 18.3. The number of fused-ring (bicyclic) bond motifs is 1. The third kappa shape index (κ3) is 4.05. The van der Waals surface area contributed by atoms with Crippen LogP contribution in [0, 0.1) is 0 Å². The van der Waals surface area contributed by atoms with Gasteiger partial charge in [0.2, 0.25) is 0 Å². The lowest BCUT2D eigenvalue weighted by Crippen LogP contribution is -2.42. The number of amides is 1. The highest BCUT2D eigenvalue weighted by molar-refractivity contribution is 5.94. The number of aromatic amines is 1. The van der Waals surface area contributed by atoms with E-state index in [1.54, 1.807) is 17.1 Å². The van der Waals surface area contributed by atoms with Crippen molar-refractivity contribution >= 4 is 5.91 Å². The molecule has 0 radical (unpaired) electrons. The van der Waals surface area contributed by atoms with Crippen LogP contribution in [-0.2, 0) is 19.5 Å². The molecule has 1 aliphatic carbocycles. The Kier molecular flexibility index (Phi) is 5.65. The third-order valence-corrected chi connectivity index (χ3v) is 7.28. The lowest BCUT2D eigenvalue weighted by molar-refractivity contribution is 0.0790. The summed E-state index contributed by atoms with van der Waals surface area (Å²) in [6.07, 6.45) is 11.5. The number of carbonyl (C=O) groups excluding carboxylic acids is 1. The highest BCUT2D eigenvalue weighted by Gasteiger charge is 2.32. The summed E-state index contributed by atoms with van der Waals surface area (Å²) in [7, 11) is 0. The topological polar surface area (TPSA) is 87.1 Å². The van der Waals surface area contributed by atoms with Crippen LogP contribution in [0.3, 0.4) is 0 Å². The second kappa shape index (κ2) is 8.57. The fourth-order valence-electron chi connectivity index (χ4n) is 5.43. The molecule has 1 atom stereocenters. The maximum atomic E-state index is 12.8. The molecular formula is C23H32N6O2. The summed E-state index contributed by atoms with van der Waals surface area (Å²) in [6.45, 7) is 5.75. The number of aromatic nitrogens is 4. The zero-order valence-corrected chi connectivity index (χ0v) is 18.3. The number of aryl methyl sites for hydroxylation is 1. The highest BCUT2D eigenvalue weighted by atomic mass is 16.2. The molecule has 166 valence electrons. The minimum Gasteiger partial charge on any atom is -0.338 e. The molecule has 8 heteroatoms. The van der Waals surface area contributed by atoms with Gasteiger partial charge in [-0.05, 0) is 32.6 Å². The van der Waals surface area contributed by atoms with E-state index >= 15 is 0 Å². The summed E-state index contributed by atoms with van der Waals surface area (Å²) in [4.78, 5) is 38.0. The fraction of sp³-hybridized carbons (Fsp3) is 0.652. The highest BCUT2D eigenvalue weighted by Crippen LogP contribution is 2.29. The van der Waals surface area contributed by atoms with Gasteiger partial charge in [0, 0.05) is 56.4 Å². The van der Waals surface area contributed by atoms with Gasteiger partial charge in [-0.1, -0.05) is 19.3 Å². The Hall–Kier alpha value is -2.48. The number of H-pyrrole nitrogens is 1. The van der Waals surface area contributed by atoms with Crippen LogP contribution in [0.1, 0.15) is 78.8 Å². The van der Waals surface area contributed by atoms with Gasteiger partial charge >= 0.3 is 0 Å². The molecule has 31 heavy (non-hydrogen) atoms. The van der Waals surface area contributed by atoms with E-state index in [0.717, 1.165) is 49.6 Å². The monoisotopic (exact) mass is 424 g/mol. The van der Waals surface area contributed by atoms with Crippen LogP contribution in [0.5, 0.6) is 0 Å². The Morgan fingerprint density at radius 3 is 2.81 bits per heavy atom. The van der Waals surface area contributed by atoms with E-state index in [9.17, 15) is 9.59 Å². The Balaban J connectivity index is 1.30. The lowest BCUT2D eigenvalue weighted by Gasteiger charge is -2.37. The van der Waals surface area contributed by atoms with Crippen molar-refractivity contribution in [3.05, 3.63) is 45.4 Å². The first-order chi connectivity index (χ1) is 15.1. The third-order valence-electron chi connectivity index (χ3n) is 7.28. The summed E-state index contributed by atoms with van der Waals surface area (Å²) in [5, 5.41) is 4.21. The molecule has 3 aliphatic rings. The molecule has 1 unspecified atom stereocenters. The molecule has 2 fully saturated rings. The first-order valence-electron chi connectivity index (χ1n) is 11.8. The van der Waals surface area contributed by atoms with Gasteiger partial charge in [-0.2, -0.15) is 5.10 Å². The van der Waals surface area contributed by atoms with Gasteiger partial charge < -0.3 is 9.88 Å². The number of hydrogen-bond acceptors (Lipinski definition) is 5. The number of likely N-dealkylation sites (tertiary alicyclic amines) is 1. The Bertz CT molecular complexity index is 1010. The number of hydrogen-bond donors (Lipinski definition) is 1. The van der Waals surface area contributed by atoms with E-state index in [4.69, 9.17) is 4.98 Å². The van der Waals surface area contributed by atoms with Crippen LogP contribution >= 0.6 is 0 Å². The standard InChI is InChI=1S/C23H32N6O2/c1-2-29-14-17(12-24-29)23(31)28-10-8-16(13-28)21-25-20-15-27(18-6-4-3-5-7-18)11-9-19(20)22(30)26-21/h12,14,16,18H,2-11,13,15H2,1H3,(H,25,26,30). The summed E-state index contributed by atoms with van der Waals surface area (Å²) in [5.41, 5.74) is 2.44. The molecule has 8 nitrogen and oxygen atoms in total. The van der Waals surface area contributed by atoms with E-state index in [-0.39, 0.29) is 17.4 Å². The van der Waals surface area contributed by atoms with Crippen LogP contribution in [0.2, 0.25) is 0 Å². The molecule has 1 N–H and O–H groups in total. The quantitative estimate of drug-likeness (QED) is 0.814. The maximum absolute atomic E-state index is 12.8. The van der Waals surface area contributed by atoms with Crippen molar-refractivity contribution in [1.82, 2.24) is 29.5 Å². The second-order valence-corrected chi connectivity index (χ2v) is 9.21. The number of carbonyl (C=O) groups is 1. The molecule has 2 aromatic heterocycles. The van der Waals surface area contributed by atoms with Crippen molar-refractivity contribution in [2.24, 2.45) is 0 Å². The van der Waals surface area contributed by atoms with Gasteiger partial charge in [0.25, 0.3) is 11.5 Å². The predicted molar refractivity (Wildman–Crippen MR) is 117 cm³/mol. The molecule has 5 rings (SSSR count). The molecule has 2 aromatic rings. The SMILES string of the molecule is CCn1cc(C(=O)N2CCC(c3nc4c(c(=O)[nH]3)CCN(C3CCCCC3)C4)C2)cn1. The summed E-state index contributed by atoms with van der Waals surface area (Å²) >= 11 is 0. The van der Waals surface area contributed by atoms with E-state index in [2.05, 4.69) is 15.0 Å². The van der Waals surface area contributed by atoms with Gasteiger partial charge in [0.05, 0.1) is 17.5 Å². The molecule has 0 spiro atoms. The molecule has 4 heterocycles. The molecule has 1 saturated heterocycles. The van der Waals surface area contributed by atoms with E-state index in [0.29, 0.717) is 24.7 Å². The first kappa shape index (κ1) is 20.4. The zero-order chi connectivity index (χ0) is 21.4. The summed E-state index contributed by atoms with van der Waals surface area (Å²) in [6, 6.07) is 0.634. The molecule has 0 aromatic carbocycles. The van der Waals surface area contributed by atoms with Gasteiger partial charge in [-0.3, -0.25) is 19.2 Å². The fourth-order valence-corrected chi connectivity index (χ4v) is 5.43. The van der Waals surface area contributed by atoms with Gasteiger partial charge in [0.1, 0.15) is 5.82 Å². The number of rotatable bonds is 4. The largest absolute Gasteiger partial charge is 0.338 e.